The first-order valence-electron chi connectivity index (χ1n) is 7.93. The number of phenolic OH excluding ortho intramolecular Hbond substituents is 1. The molecular formula is C16H22ClNO5S. The summed E-state index contributed by atoms with van der Waals surface area (Å²) in [6.45, 7) is 0. The van der Waals surface area contributed by atoms with E-state index in [9.17, 15) is 18.3 Å². The quantitative estimate of drug-likeness (QED) is 0.746. The van der Waals surface area contributed by atoms with Gasteiger partial charge >= 0.3 is 5.97 Å². The Bertz CT molecular complexity index is 686. The van der Waals surface area contributed by atoms with E-state index in [0.717, 1.165) is 25.7 Å². The summed E-state index contributed by atoms with van der Waals surface area (Å²) in [6, 6.07) is 3.06. The molecule has 0 amide bonds. The number of methoxy groups -OCH3 is 1. The zero-order chi connectivity index (χ0) is 17.7. The van der Waals surface area contributed by atoms with Gasteiger partial charge < -0.3 is 9.84 Å². The Morgan fingerprint density at radius 3 is 2.67 bits per heavy atom. The van der Waals surface area contributed by atoms with Gasteiger partial charge in [-0.15, -0.1) is 0 Å². The SMILES string of the molecule is COC(=O)C(CC1CCCCC1)NS(=O)(=O)c1cccc(Cl)c1O. The van der Waals surface area contributed by atoms with Crippen LogP contribution in [0.2, 0.25) is 5.02 Å². The average Bonchev–Trinajstić information content (AvgIpc) is 2.56. The van der Waals surface area contributed by atoms with Crippen LogP contribution in [0.1, 0.15) is 38.5 Å². The first kappa shape index (κ1) is 19.0. The monoisotopic (exact) mass is 375 g/mol. The lowest BCUT2D eigenvalue weighted by Crippen LogP contribution is -2.42. The molecule has 1 aliphatic rings. The molecule has 6 nitrogen and oxygen atoms in total. The molecule has 0 heterocycles. The molecule has 0 radical (unpaired) electrons. The third-order valence-electron chi connectivity index (χ3n) is 4.32. The van der Waals surface area contributed by atoms with Crippen molar-refractivity contribution < 1.29 is 23.1 Å². The molecule has 8 heteroatoms. The number of ether oxygens (including phenoxy) is 1. The number of hydrogen-bond donors (Lipinski definition) is 2. The normalized spacial score (nSPS) is 17.4. The van der Waals surface area contributed by atoms with E-state index in [1.54, 1.807) is 0 Å². The summed E-state index contributed by atoms with van der Waals surface area (Å²) in [4.78, 5) is 11.7. The minimum Gasteiger partial charge on any atom is -0.505 e. The predicted molar refractivity (Wildman–Crippen MR) is 90.4 cm³/mol. The first-order valence-corrected chi connectivity index (χ1v) is 9.79. The number of phenols is 1. The third kappa shape index (κ3) is 4.62. The first-order chi connectivity index (χ1) is 11.3. The molecule has 2 rings (SSSR count). The lowest BCUT2D eigenvalue weighted by molar-refractivity contribution is -0.143. The largest absolute Gasteiger partial charge is 0.505 e. The Morgan fingerprint density at radius 2 is 2.04 bits per heavy atom. The second-order valence-corrected chi connectivity index (χ2v) is 8.11. The van der Waals surface area contributed by atoms with Gasteiger partial charge in [0.2, 0.25) is 10.0 Å². The van der Waals surface area contributed by atoms with Gasteiger partial charge in [-0.25, -0.2) is 8.42 Å². The Balaban J connectivity index is 2.20. The number of carbonyl (C=O) groups is 1. The van der Waals surface area contributed by atoms with E-state index in [0.29, 0.717) is 6.42 Å². The zero-order valence-corrected chi connectivity index (χ0v) is 15.1. The van der Waals surface area contributed by atoms with Crippen LogP contribution in [0.3, 0.4) is 0 Å². The van der Waals surface area contributed by atoms with Gasteiger partial charge in [-0.1, -0.05) is 49.8 Å². The van der Waals surface area contributed by atoms with E-state index >= 15 is 0 Å². The average molecular weight is 376 g/mol. The van der Waals surface area contributed by atoms with Gasteiger partial charge in [0, 0.05) is 0 Å². The number of rotatable bonds is 6. The van der Waals surface area contributed by atoms with Crippen LogP contribution in [0.25, 0.3) is 0 Å². The second-order valence-electron chi connectivity index (χ2n) is 6.02. The lowest BCUT2D eigenvalue weighted by atomic mass is 9.85. The van der Waals surface area contributed by atoms with Gasteiger partial charge in [-0.05, 0) is 24.5 Å². The van der Waals surface area contributed by atoms with Crippen LogP contribution >= 0.6 is 11.6 Å². The van der Waals surface area contributed by atoms with Gasteiger partial charge in [-0.2, -0.15) is 4.72 Å². The molecule has 1 fully saturated rings. The molecule has 0 spiro atoms. The van der Waals surface area contributed by atoms with E-state index < -0.39 is 27.8 Å². The lowest BCUT2D eigenvalue weighted by Gasteiger charge is -2.25. The number of nitrogens with one attached hydrogen (secondary N) is 1. The Kier molecular flexibility index (Phi) is 6.48. The number of aromatic hydroxyl groups is 1. The maximum atomic E-state index is 12.5. The molecule has 1 aromatic carbocycles. The topological polar surface area (TPSA) is 92.7 Å². The molecular weight excluding hydrogens is 354 g/mol. The Hall–Kier alpha value is -1.31. The highest BCUT2D eigenvalue weighted by molar-refractivity contribution is 7.89. The van der Waals surface area contributed by atoms with Gasteiger partial charge in [0.25, 0.3) is 0 Å². The third-order valence-corrected chi connectivity index (χ3v) is 6.12. The van der Waals surface area contributed by atoms with E-state index in [1.807, 2.05) is 0 Å². The number of sulfonamides is 1. The van der Waals surface area contributed by atoms with Crippen molar-refractivity contribution in [3.05, 3.63) is 23.2 Å². The number of carbonyl (C=O) groups excluding carboxylic acids is 1. The van der Waals surface area contributed by atoms with E-state index in [-0.39, 0.29) is 15.8 Å². The molecule has 0 aromatic heterocycles. The van der Waals surface area contributed by atoms with E-state index in [4.69, 9.17) is 16.3 Å². The van der Waals surface area contributed by atoms with Crippen molar-refractivity contribution >= 4 is 27.6 Å². The summed E-state index contributed by atoms with van der Waals surface area (Å²) in [5.74, 6) is -0.892. The van der Waals surface area contributed by atoms with E-state index in [1.165, 1.54) is 31.7 Å². The zero-order valence-electron chi connectivity index (χ0n) is 13.5. The van der Waals surface area contributed by atoms with Crippen molar-refractivity contribution in [1.82, 2.24) is 4.72 Å². The standard InChI is InChI=1S/C16H22ClNO5S/c1-23-16(20)13(10-11-6-3-2-4-7-11)18-24(21,22)14-9-5-8-12(17)15(14)19/h5,8-9,11,13,18-19H,2-4,6-7,10H2,1H3. The predicted octanol–water partition coefficient (Wildman–Crippen LogP) is 2.84. The Labute approximate surface area is 147 Å². The maximum Gasteiger partial charge on any atom is 0.323 e. The van der Waals surface area contributed by atoms with Gasteiger partial charge in [-0.3, -0.25) is 4.79 Å². The second kappa shape index (κ2) is 8.18. The molecule has 1 saturated carbocycles. The van der Waals surface area contributed by atoms with Crippen LogP contribution < -0.4 is 4.72 Å². The van der Waals surface area contributed by atoms with Crippen molar-refractivity contribution in [1.29, 1.82) is 0 Å². The fourth-order valence-electron chi connectivity index (χ4n) is 3.05. The summed E-state index contributed by atoms with van der Waals surface area (Å²) in [7, 11) is -2.88. The molecule has 1 aromatic rings. The van der Waals surface area contributed by atoms with Gasteiger partial charge in [0.15, 0.2) is 5.75 Å². The van der Waals surface area contributed by atoms with Crippen LogP contribution in [-0.4, -0.2) is 32.6 Å². The minimum atomic E-state index is -4.10. The molecule has 0 bridgehead atoms. The number of halogens is 1. The van der Waals surface area contributed by atoms with Crippen LogP contribution in [-0.2, 0) is 19.6 Å². The molecule has 134 valence electrons. The van der Waals surface area contributed by atoms with Crippen LogP contribution in [0, 0.1) is 5.92 Å². The summed E-state index contributed by atoms with van der Waals surface area (Å²) < 4.78 is 32.2. The molecule has 24 heavy (non-hydrogen) atoms. The maximum absolute atomic E-state index is 12.5. The van der Waals surface area contributed by atoms with Gasteiger partial charge in [0.05, 0.1) is 12.1 Å². The number of benzene rings is 1. The van der Waals surface area contributed by atoms with Crippen molar-refractivity contribution in [2.24, 2.45) is 5.92 Å². The fraction of sp³-hybridized carbons (Fsp3) is 0.562. The molecule has 0 saturated heterocycles. The highest BCUT2D eigenvalue weighted by Gasteiger charge is 2.31. The highest BCUT2D eigenvalue weighted by Crippen LogP contribution is 2.31. The number of esters is 1. The summed E-state index contributed by atoms with van der Waals surface area (Å²) in [6.07, 6.45) is 5.66. The van der Waals surface area contributed by atoms with Crippen LogP contribution in [0.4, 0.5) is 0 Å². The van der Waals surface area contributed by atoms with Crippen molar-refractivity contribution in [3.63, 3.8) is 0 Å². The molecule has 0 aliphatic heterocycles. The molecule has 1 unspecified atom stereocenters. The van der Waals surface area contributed by atoms with Crippen molar-refractivity contribution in [3.8, 4) is 5.75 Å². The smallest absolute Gasteiger partial charge is 0.323 e. The number of para-hydroxylation sites is 1. The molecule has 2 N–H and O–H groups in total. The fourth-order valence-corrected chi connectivity index (χ4v) is 4.60. The van der Waals surface area contributed by atoms with Crippen molar-refractivity contribution in [2.45, 2.75) is 49.5 Å². The van der Waals surface area contributed by atoms with E-state index in [2.05, 4.69) is 4.72 Å². The molecule has 1 atom stereocenters. The molecule has 1 aliphatic carbocycles. The van der Waals surface area contributed by atoms with Crippen molar-refractivity contribution in [2.75, 3.05) is 7.11 Å². The minimum absolute atomic E-state index is 0.0697. The summed E-state index contributed by atoms with van der Waals surface area (Å²) in [5, 5.41) is 9.83. The summed E-state index contributed by atoms with van der Waals surface area (Å²) in [5.41, 5.74) is 0. The van der Waals surface area contributed by atoms with Crippen LogP contribution in [0.15, 0.2) is 23.1 Å². The number of hydrogen-bond acceptors (Lipinski definition) is 5. The Morgan fingerprint density at radius 1 is 1.38 bits per heavy atom. The summed E-state index contributed by atoms with van der Waals surface area (Å²) >= 11 is 5.77. The highest BCUT2D eigenvalue weighted by atomic mass is 35.5. The van der Waals surface area contributed by atoms with Crippen LogP contribution in [0.5, 0.6) is 5.75 Å². The van der Waals surface area contributed by atoms with Gasteiger partial charge in [0.1, 0.15) is 10.9 Å².